The van der Waals surface area contributed by atoms with Gasteiger partial charge in [-0.1, -0.05) is 19.8 Å². The summed E-state index contributed by atoms with van der Waals surface area (Å²) in [6.07, 6.45) is 1.04. The zero-order chi connectivity index (χ0) is 9.40. The van der Waals surface area contributed by atoms with E-state index in [9.17, 15) is 0 Å². The normalized spacial score (nSPS) is 9.00. The number of thiocarbonyl (C=S) groups is 1. The number of ether oxygens (including phenoxy) is 1. The van der Waals surface area contributed by atoms with Crippen molar-refractivity contribution >= 4 is 28.4 Å². The molecule has 0 rings (SSSR count). The number of rotatable bonds is 3. The molecule has 1 nitrogen and oxygen atoms in total. The summed E-state index contributed by atoms with van der Waals surface area (Å²) >= 11 is 6.19. The van der Waals surface area contributed by atoms with Crippen LogP contribution in [0.1, 0.15) is 27.2 Å². The van der Waals surface area contributed by atoms with E-state index in [2.05, 4.69) is 25.0 Å². The topological polar surface area (TPSA) is 9.23 Å². The van der Waals surface area contributed by atoms with E-state index in [1.807, 2.05) is 0 Å². The molecule has 12 heavy (non-hydrogen) atoms. The van der Waals surface area contributed by atoms with Crippen molar-refractivity contribution in [1.29, 1.82) is 0 Å². The lowest BCUT2D eigenvalue weighted by Gasteiger charge is -2.05. The summed E-state index contributed by atoms with van der Waals surface area (Å²) in [6, 6.07) is 0. The molecule has 3 heteroatoms. The van der Waals surface area contributed by atoms with E-state index in [1.54, 1.807) is 6.92 Å². The number of hydrogen-bond acceptors (Lipinski definition) is 3. The Labute approximate surface area is 84.3 Å². The van der Waals surface area contributed by atoms with Crippen molar-refractivity contribution in [1.82, 2.24) is 0 Å². The second kappa shape index (κ2) is 7.45. The predicted molar refractivity (Wildman–Crippen MR) is 59.0 cm³/mol. The Hall–Kier alpha value is -0.200. The summed E-state index contributed by atoms with van der Waals surface area (Å²) in [5, 5.41) is 2.79. The highest BCUT2D eigenvalue weighted by molar-refractivity contribution is 8.25. The van der Waals surface area contributed by atoms with Crippen LogP contribution < -0.4 is 0 Å². The lowest BCUT2D eigenvalue weighted by Crippen LogP contribution is -2.01. The van der Waals surface area contributed by atoms with Gasteiger partial charge in [0.05, 0.1) is 6.61 Å². The van der Waals surface area contributed by atoms with E-state index in [-0.39, 0.29) is 0 Å². The Bertz CT molecular complexity index is 188. The highest BCUT2D eigenvalue weighted by Crippen LogP contribution is 2.06. The Morgan fingerprint density at radius 3 is 2.75 bits per heavy atom. The van der Waals surface area contributed by atoms with Gasteiger partial charge in [0.2, 0.25) is 4.38 Å². The maximum Gasteiger partial charge on any atom is 0.232 e. The number of hydrogen-bond donors (Lipinski definition) is 0. The molecule has 0 fully saturated rings. The molecule has 0 unspecified atom stereocenters. The van der Waals surface area contributed by atoms with Gasteiger partial charge in [0.1, 0.15) is 0 Å². The minimum atomic E-state index is 0.532. The van der Waals surface area contributed by atoms with Crippen LogP contribution in [0.3, 0.4) is 0 Å². The quantitative estimate of drug-likeness (QED) is 0.514. The van der Waals surface area contributed by atoms with E-state index < -0.39 is 0 Å². The maximum atomic E-state index is 5.25. The average molecular weight is 202 g/mol. The van der Waals surface area contributed by atoms with E-state index in [0.717, 1.165) is 6.42 Å². The Balaban J connectivity index is 3.36. The average Bonchev–Trinajstić information content (AvgIpc) is 2.00. The molecule has 0 radical (unpaired) electrons. The van der Waals surface area contributed by atoms with Crippen LogP contribution >= 0.6 is 24.0 Å². The van der Waals surface area contributed by atoms with Crippen LogP contribution in [-0.4, -0.2) is 11.0 Å². The second-order valence-electron chi connectivity index (χ2n) is 2.74. The van der Waals surface area contributed by atoms with Gasteiger partial charge in [0, 0.05) is 11.8 Å². The Kier molecular flexibility index (Phi) is 7.33. The third-order valence-electron chi connectivity index (χ3n) is 1.15. The van der Waals surface area contributed by atoms with Crippen LogP contribution in [0.4, 0.5) is 0 Å². The highest BCUT2D eigenvalue weighted by atomic mass is 32.2. The third-order valence-corrected chi connectivity index (χ3v) is 2.11. The van der Waals surface area contributed by atoms with E-state index >= 15 is 0 Å². The van der Waals surface area contributed by atoms with Gasteiger partial charge in [0.15, 0.2) is 0 Å². The summed E-state index contributed by atoms with van der Waals surface area (Å²) in [5.41, 5.74) is 0. The van der Waals surface area contributed by atoms with Crippen molar-refractivity contribution in [2.45, 2.75) is 27.2 Å². The summed E-state index contributed by atoms with van der Waals surface area (Å²) < 4.78 is 5.78. The van der Waals surface area contributed by atoms with Gasteiger partial charge in [-0.3, -0.25) is 0 Å². The molecule has 0 saturated carbocycles. The van der Waals surface area contributed by atoms with Gasteiger partial charge in [-0.15, -0.1) is 0 Å². The molecule has 0 spiro atoms. The molecule has 0 atom stereocenters. The summed E-state index contributed by atoms with van der Waals surface area (Å²) in [7, 11) is 0. The van der Waals surface area contributed by atoms with Gasteiger partial charge >= 0.3 is 0 Å². The van der Waals surface area contributed by atoms with Crippen LogP contribution in [0.5, 0.6) is 0 Å². The van der Waals surface area contributed by atoms with Gasteiger partial charge in [0.25, 0.3) is 0 Å². The monoisotopic (exact) mass is 202 g/mol. The van der Waals surface area contributed by atoms with Crippen LogP contribution in [0.25, 0.3) is 0 Å². The lowest BCUT2D eigenvalue weighted by molar-refractivity contribution is 0.292. The van der Waals surface area contributed by atoms with Crippen molar-refractivity contribution in [3.05, 3.63) is 0 Å². The second-order valence-corrected chi connectivity index (χ2v) is 4.14. The molecule has 0 aliphatic heterocycles. The van der Waals surface area contributed by atoms with E-state index in [1.165, 1.54) is 11.8 Å². The Morgan fingerprint density at radius 2 is 2.25 bits per heavy atom. The third kappa shape index (κ3) is 7.90. The standard InChI is InChI=1S/C9H14OS2/c1-4-7-12-9(11)10-6-5-8(2)3/h8H,5-6H2,1-3H3. The minimum absolute atomic E-state index is 0.532. The van der Waals surface area contributed by atoms with Gasteiger partial charge in [-0.05, 0) is 36.7 Å². The van der Waals surface area contributed by atoms with E-state index in [0.29, 0.717) is 16.9 Å². The molecule has 0 saturated heterocycles. The molecular weight excluding hydrogens is 188 g/mol. The fourth-order valence-corrected chi connectivity index (χ4v) is 1.04. The van der Waals surface area contributed by atoms with Gasteiger partial charge in [-0.2, -0.15) is 0 Å². The van der Waals surface area contributed by atoms with Crippen molar-refractivity contribution in [2.24, 2.45) is 5.92 Å². The molecule has 0 heterocycles. The van der Waals surface area contributed by atoms with Crippen LogP contribution in [0.2, 0.25) is 0 Å². The smallest absolute Gasteiger partial charge is 0.232 e. The fourth-order valence-electron chi connectivity index (χ4n) is 0.500. The van der Waals surface area contributed by atoms with Crippen molar-refractivity contribution in [2.75, 3.05) is 6.61 Å². The van der Waals surface area contributed by atoms with Gasteiger partial charge in [-0.25, -0.2) is 0 Å². The molecule has 0 aromatic rings. The van der Waals surface area contributed by atoms with Crippen LogP contribution in [0, 0.1) is 17.1 Å². The molecule has 0 bridgehead atoms. The zero-order valence-electron chi connectivity index (χ0n) is 7.72. The van der Waals surface area contributed by atoms with Crippen molar-refractivity contribution in [3.8, 4) is 11.2 Å². The van der Waals surface area contributed by atoms with Crippen molar-refractivity contribution < 1.29 is 4.74 Å². The minimum Gasteiger partial charge on any atom is -0.478 e. The first-order valence-electron chi connectivity index (χ1n) is 3.92. The zero-order valence-corrected chi connectivity index (χ0v) is 9.35. The fraction of sp³-hybridized carbons (Fsp3) is 0.667. The summed E-state index contributed by atoms with van der Waals surface area (Å²) in [6.45, 7) is 6.80. The molecule has 0 amide bonds. The predicted octanol–water partition coefficient (Wildman–Crippen LogP) is 3.05. The van der Waals surface area contributed by atoms with Crippen LogP contribution in [-0.2, 0) is 4.74 Å². The molecule has 0 aromatic carbocycles. The highest BCUT2D eigenvalue weighted by Gasteiger charge is 1.97. The van der Waals surface area contributed by atoms with Crippen LogP contribution in [0.15, 0.2) is 0 Å². The maximum absolute atomic E-state index is 5.25. The molecule has 68 valence electrons. The molecular formula is C9H14OS2. The van der Waals surface area contributed by atoms with Crippen molar-refractivity contribution in [3.63, 3.8) is 0 Å². The largest absolute Gasteiger partial charge is 0.478 e. The first-order chi connectivity index (χ1) is 5.66. The molecule has 0 aromatic heterocycles. The summed E-state index contributed by atoms with van der Waals surface area (Å²) in [5.74, 6) is 3.41. The first-order valence-corrected chi connectivity index (χ1v) is 5.14. The number of thioether (sulfide) groups is 1. The van der Waals surface area contributed by atoms with E-state index in [4.69, 9.17) is 17.0 Å². The molecule has 0 aliphatic rings. The SMILES string of the molecule is CC#CSC(=S)OCCC(C)C. The summed E-state index contributed by atoms with van der Waals surface area (Å²) in [4.78, 5) is 0. The lowest BCUT2D eigenvalue weighted by atomic mass is 10.1. The molecule has 0 aliphatic carbocycles. The molecule has 0 N–H and O–H groups in total. The Morgan fingerprint density at radius 1 is 1.58 bits per heavy atom. The van der Waals surface area contributed by atoms with Gasteiger partial charge < -0.3 is 4.74 Å². The first kappa shape index (κ1) is 11.8.